The normalized spacial score (nSPS) is 18.2. The van der Waals surface area contributed by atoms with Crippen molar-refractivity contribution in [2.75, 3.05) is 6.26 Å². The van der Waals surface area contributed by atoms with Crippen LogP contribution < -0.4 is 0 Å². The molecule has 0 saturated heterocycles. The number of carbonyl (C=O) groups excluding carboxylic acids is 1. The fraction of sp³-hybridized carbons (Fsp3) is 0.333. The Morgan fingerprint density at radius 2 is 1.72 bits per heavy atom. The third kappa shape index (κ3) is 1.92. The third-order valence-corrected chi connectivity index (χ3v) is 4.37. The van der Waals surface area contributed by atoms with Crippen molar-refractivity contribution in [1.29, 1.82) is 0 Å². The van der Waals surface area contributed by atoms with E-state index in [1.54, 1.807) is 0 Å². The summed E-state index contributed by atoms with van der Waals surface area (Å²) >= 11 is 0. The summed E-state index contributed by atoms with van der Waals surface area (Å²) in [6.07, 6.45) is 1.03. The van der Waals surface area contributed by atoms with Crippen LogP contribution in [0.15, 0.2) is 29.2 Å². The van der Waals surface area contributed by atoms with Crippen LogP contribution >= 0.6 is 0 Å². The Morgan fingerprint density at radius 3 is 2.06 bits per heavy atom. The first kappa shape index (κ1) is 12.8. The minimum Gasteiger partial charge on any atom is -0.481 e. The van der Waals surface area contributed by atoms with E-state index >= 15 is 0 Å². The summed E-state index contributed by atoms with van der Waals surface area (Å²) in [7, 11) is -3.30. The molecule has 1 aromatic rings. The Balaban J connectivity index is 2.40. The van der Waals surface area contributed by atoms with Crippen LogP contribution in [0.4, 0.5) is 0 Å². The number of ketones is 1. The van der Waals surface area contributed by atoms with Gasteiger partial charge in [0.2, 0.25) is 0 Å². The molecule has 0 atom stereocenters. The molecule has 1 fully saturated rings. The number of carboxylic acids is 1. The average molecular weight is 268 g/mol. The zero-order valence-electron chi connectivity index (χ0n) is 9.71. The third-order valence-electron chi connectivity index (χ3n) is 3.24. The van der Waals surface area contributed by atoms with Crippen LogP contribution in [0.25, 0.3) is 0 Å². The Bertz CT molecular complexity index is 604. The molecule has 18 heavy (non-hydrogen) atoms. The van der Waals surface area contributed by atoms with Gasteiger partial charge in [0.1, 0.15) is 11.2 Å². The number of aliphatic carboxylic acids is 1. The molecule has 0 bridgehead atoms. The van der Waals surface area contributed by atoms with Crippen LogP contribution in [0.5, 0.6) is 0 Å². The second-order valence-corrected chi connectivity index (χ2v) is 6.59. The summed E-state index contributed by atoms with van der Waals surface area (Å²) in [6.45, 7) is 0. The molecule has 1 aliphatic carbocycles. The molecule has 0 aliphatic heterocycles. The van der Waals surface area contributed by atoms with Crippen molar-refractivity contribution in [2.24, 2.45) is 0 Å². The Labute approximate surface area is 104 Å². The molecule has 1 aromatic carbocycles. The number of carboxylic acid groups (broad SMARTS) is 1. The minimum atomic E-state index is -3.30. The van der Waals surface area contributed by atoms with Crippen molar-refractivity contribution < 1.29 is 23.1 Å². The zero-order chi connectivity index (χ0) is 13.6. The largest absolute Gasteiger partial charge is 0.481 e. The van der Waals surface area contributed by atoms with Crippen LogP contribution in [0.1, 0.15) is 18.4 Å². The molecule has 0 unspecified atom stereocenters. The maximum Gasteiger partial charge on any atom is 0.315 e. The van der Waals surface area contributed by atoms with Gasteiger partial charge in [0.15, 0.2) is 9.84 Å². The highest BCUT2D eigenvalue weighted by Crippen LogP contribution is 2.41. The first-order valence-corrected chi connectivity index (χ1v) is 7.20. The van der Waals surface area contributed by atoms with Crippen molar-refractivity contribution in [3.8, 4) is 0 Å². The van der Waals surface area contributed by atoms with Crippen molar-refractivity contribution in [1.82, 2.24) is 0 Å². The van der Waals surface area contributed by atoms with Gasteiger partial charge in [-0.15, -0.1) is 0 Å². The van der Waals surface area contributed by atoms with E-state index in [2.05, 4.69) is 0 Å². The number of rotatable bonds is 3. The predicted octanol–water partition coefficient (Wildman–Crippen LogP) is 0.775. The van der Waals surface area contributed by atoms with Gasteiger partial charge in [0.05, 0.1) is 4.90 Å². The van der Waals surface area contributed by atoms with Crippen LogP contribution in [0.2, 0.25) is 0 Å². The SMILES string of the molecule is CS(=O)(=O)c1ccc(C2(C(=O)O)CC(=O)C2)cc1. The molecule has 0 aromatic heterocycles. The molecule has 0 heterocycles. The van der Waals surface area contributed by atoms with Gasteiger partial charge in [-0.2, -0.15) is 0 Å². The Kier molecular flexibility index (Phi) is 2.77. The number of carbonyl (C=O) groups is 2. The van der Waals surface area contributed by atoms with Crippen molar-refractivity contribution in [2.45, 2.75) is 23.2 Å². The van der Waals surface area contributed by atoms with E-state index < -0.39 is 21.2 Å². The van der Waals surface area contributed by atoms with Gasteiger partial charge < -0.3 is 5.11 Å². The molecule has 0 amide bonds. The number of Topliss-reactive ketones (excluding diaryl/α,β-unsaturated/α-hetero) is 1. The van der Waals surface area contributed by atoms with Gasteiger partial charge in [0, 0.05) is 19.1 Å². The van der Waals surface area contributed by atoms with E-state index in [0.29, 0.717) is 5.56 Å². The van der Waals surface area contributed by atoms with E-state index in [9.17, 15) is 23.1 Å². The summed E-state index contributed by atoms with van der Waals surface area (Å²) in [6, 6.07) is 5.68. The molecular weight excluding hydrogens is 256 g/mol. The van der Waals surface area contributed by atoms with E-state index in [1.165, 1.54) is 24.3 Å². The summed E-state index contributed by atoms with van der Waals surface area (Å²) in [5.74, 6) is -1.14. The zero-order valence-corrected chi connectivity index (χ0v) is 10.5. The summed E-state index contributed by atoms with van der Waals surface area (Å²) in [5.41, 5.74) is -0.699. The second-order valence-electron chi connectivity index (χ2n) is 4.58. The lowest BCUT2D eigenvalue weighted by Crippen LogP contribution is -2.48. The van der Waals surface area contributed by atoms with Gasteiger partial charge in [-0.3, -0.25) is 9.59 Å². The van der Waals surface area contributed by atoms with E-state index in [0.717, 1.165) is 6.26 Å². The smallest absolute Gasteiger partial charge is 0.315 e. The van der Waals surface area contributed by atoms with Crippen molar-refractivity contribution >= 4 is 21.6 Å². The van der Waals surface area contributed by atoms with Crippen LogP contribution in [-0.2, 0) is 24.8 Å². The standard InChI is InChI=1S/C12H12O5S/c1-18(16,17)10-4-2-8(3-5-10)12(11(14)15)6-9(13)7-12/h2-5H,6-7H2,1H3,(H,14,15). The molecule has 0 radical (unpaired) electrons. The van der Waals surface area contributed by atoms with E-state index in [1.807, 2.05) is 0 Å². The summed E-state index contributed by atoms with van der Waals surface area (Å²) < 4.78 is 22.6. The molecule has 1 saturated carbocycles. The van der Waals surface area contributed by atoms with Gasteiger partial charge in [0.25, 0.3) is 0 Å². The molecule has 1 N–H and O–H groups in total. The Hall–Kier alpha value is -1.69. The maximum atomic E-state index is 11.3. The van der Waals surface area contributed by atoms with Gasteiger partial charge in [-0.1, -0.05) is 12.1 Å². The summed E-state index contributed by atoms with van der Waals surface area (Å²) in [5, 5.41) is 9.21. The number of sulfone groups is 1. The molecule has 96 valence electrons. The van der Waals surface area contributed by atoms with Gasteiger partial charge in [-0.25, -0.2) is 8.42 Å². The van der Waals surface area contributed by atoms with E-state index in [-0.39, 0.29) is 23.5 Å². The first-order valence-electron chi connectivity index (χ1n) is 5.31. The minimum absolute atomic E-state index is 0.0272. The lowest BCUT2D eigenvalue weighted by molar-refractivity contribution is -0.153. The van der Waals surface area contributed by atoms with E-state index in [4.69, 9.17) is 0 Å². The maximum absolute atomic E-state index is 11.3. The Morgan fingerprint density at radius 1 is 1.22 bits per heavy atom. The average Bonchev–Trinajstić information content (AvgIpc) is 2.23. The highest BCUT2D eigenvalue weighted by molar-refractivity contribution is 7.90. The fourth-order valence-electron chi connectivity index (χ4n) is 2.12. The number of benzene rings is 1. The van der Waals surface area contributed by atoms with Crippen LogP contribution in [-0.4, -0.2) is 31.5 Å². The summed E-state index contributed by atoms with van der Waals surface area (Å²) in [4.78, 5) is 22.5. The number of hydrogen-bond acceptors (Lipinski definition) is 4. The first-order chi connectivity index (χ1) is 8.25. The topological polar surface area (TPSA) is 88.5 Å². The number of hydrogen-bond donors (Lipinski definition) is 1. The second kappa shape index (κ2) is 3.91. The molecule has 5 nitrogen and oxygen atoms in total. The molecule has 6 heteroatoms. The highest BCUT2D eigenvalue weighted by atomic mass is 32.2. The lowest BCUT2D eigenvalue weighted by atomic mass is 9.64. The molecular formula is C12H12O5S. The predicted molar refractivity (Wildman–Crippen MR) is 63.1 cm³/mol. The van der Waals surface area contributed by atoms with Crippen molar-refractivity contribution in [3.05, 3.63) is 29.8 Å². The van der Waals surface area contributed by atoms with Crippen molar-refractivity contribution in [3.63, 3.8) is 0 Å². The van der Waals surface area contributed by atoms with Gasteiger partial charge in [-0.05, 0) is 17.7 Å². The van der Waals surface area contributed by atoms with Crippen LogP contribution in [0.3, 0.4) is 0 Å². The van der Waals surface area contributed by atoms with Crippen LogP contribution in [0, 0.1) is 0 Å². The molecule has 1 aliphatic rings. The molecule has 2 rings (SSSR count). The lowest BCUT2D eigenvalue weighted by Gasteiger charge is -2.36. The highest BCUT2D eigenvalue weighted by Gasteiger charge is 2.51. The fourth-order valence-corrected chi connectivity index (χ4v) is 2.75. The van der Waals surface area contributed by atoms with Gasteiger partial charge >= 0.3 is 5.97 Å². The quantitative estimate of drug-likeness (QED) is 0.875. The monoisotopic (exact) mass is 268 g/mol. The molecule has 0 spiro atoms.